The molecule has 5 nitrogen and oxygen atoms in total. The third-order valence-corrected chi connectivity index (χ3v) is 2.99. The standard InChI is InChI=1S/C15H22N2O3/c1-5-20-14(19)15(3,4)9-13(18)17-11(2)12-7-6-8-16-10-12/h6-8,10-11H,5,9H2,1-4H3,(H,17,18)/t11-/m0/s1. The topological polar surface area (TPSA) is 68.3 Å². The number of hydrogen-bond donors (Lipinski definition) is 1. The van der Waals surface area contributed by atoms with Gasteiger partial charge in [0.25, 0.3) is 0 Å². The van der Waals surface area contributed by atoms with Crippen molar-refractivity contribution in [3.63, 3.8) is 0 Å². The van der Waals surface area contributed by atoms with Crippen molar-refractivity contribution in [1.29, 1.82) is 0 Å². The summed E-state index contributed by atoms with van der Waals surface area (Å²) in [6, 6.07) is 3.57. The molecule has 0 spiro atoms. The fourth-order valence-electron chi connectivity index (χ4n) is 1.81. The van der Waals surface area contributed by atoms with Gasteiger partial charge in [-0.05, 0) is 39.3 Å². The molecule has 5 heteroatoms. The first kappa shape index (κ1) is 16.1. The zero-order chi connectivity index (χ0) is 15.2. The van der Waals surface area contributed by atoms with Gasteiger partial charge in [-0.2, -0.15) is 0 Å². The largest absolute Gasteiger partial charge is 0.466 e. The van der Waals surface area contributed by atoms with Crippen LogP contribution in [0.3, 0.4) is 0 Å². The van der Waals surface area contributed by atoms with Gasteiger partial charge in [-0.25, -0.2) is 0 Å². The molecular formula is C15H22N2O3. The quantitative estimate of drug-likeness (QED) is 0.810. The van der Waals surface area contributed by atoms with Gasteiger partial charge < -0.3 is 10.1 Å². The number of hydrogen-bond acceptors (Lipinski definition) is 4. The molecule has 1 amide bonds. The van der Waals surface area contributed by atoms with E-state index >= 15 is 0 Å². The Balaban J connectivity index is 2.57. The van der Waals surface area contributed by atoms with E-state index in [0.29, 0.717) is 6.61 Å². The first-order valence-corrected chi connectivity index (χ1v) is 6.73. The van der Waals surface area contributed by atoms with Crippen molar-refractivity contribution in [2.45, 2.75) is 40.2 Å². The summed E-state index contributed by atoms with van der Waals surface area (Å²) in [6.07, 6.45) is 3.49. The minimum atomic E-state index is -0.825. The highest BCUT2D eigenvalue weighted by Crippen LogP contribution is 2.23. The summed E-state index contributed by atoms with van der Waals surface area (Å²) in [5.74, 6) is -0.538. The molecule has 1 N–H and O–H groups in total. The summed E-state index contributed by atoms with van der Waals surface area (Å²) >= 11 is 0. The number of esters is 1. The van der Waals surface area contributed by atoms with Crippen molar-refractivity contribution < 1.29 is 14.3 Å². The third kappa shape index (κ3) is 4.64. The Morgan fingerprint density at radius 1 is 1.45 bits per heavy atom. The van der Waals surface area contributed by atoms with Gasteiger partial charge in [-0.1, -0.05) is 6.07 Å². The first-order valence-electron chi connectivity index (χ1n) is 6.73. The Labute approximate surface area is 119 Å². The molecule has 0 unspecified atom stereocenters. The van der Waals surface area contributed by atoms with Gasteiger partial charge in [-0.15, -0.1) is 0 Å². The molecule has 0 bridgehead atoms. The van der Waals surface area contributed by atoms with Crippen LogP contribution in [0.15, 0.2) is 24.5 Å². The minimum Gasteiger partial charge on any atom is -0.466 e. The zero-order valence-electron chi connectivity index (χ0n) is 12.5. The summed E-state index contributed by atoms with van der Waals surface area (Å²) in [7, 11) is 0. The Bertz CT molecular complexity index is 457. The second-order valence-electron chi connectivity index (χ2n) is 5.36. The van der Waals surface area contributed by atoms with Crippen molar-refractivity contribution in [3.05, 3.63) is 30.1 Å². The van der Waals surface area contributed by atoms with Gasteiger partial charge in [-0.3, -0.25) is 14.6 Å². The minimum absolute atomic E-state index is 0.0937. The Morgan fingerprint density at radius 2 is 2.15 bits per heavy atom. The average Bonchev–Trinajstić information content (AvgIpc) is 2.39. The molecule has 110 valence electrons. The smallest absolute Gasteiger partial charge is 0.312 e. The summed E-state index contributed by atoms with van der Waals surface area (Å²) in [5, 5.41) is 2.86. The number of aromatic nitrogens is 1. The maximum absolute atomic E-state index is 12.0. The fraction of sp³-hybridized carbons (Fsp3) is 0.533. The van der Waals surface area contributed by atoms with E-state index in [-0.39, 0.29) is 24.3 Å². The predicted octanol–water partition coefficient (Wildman–Crippen LogP) is 2.24. The van der Waals surface area contributed by atoms with E-state index in [1.165, 1.54) is 0 Å². The molecule has 0 aliphatic rings. The maximum atomic E-state index is 12.0. The Hall–Kier alpha value is -1.91. The van der Waals surface area contributed by atoms with E-state index in [1.54, 1.807) is 33.2 Å². The van der Waals surface area contributed by atoms with Gasteiger partial charge >= 0.3 is 5.97 Å². The van der Waals surface area contributed by atoms with E-state index in [1.807, 2.05) is 19.1 Å². The third-order valence-electron chi connectivity index (χ3n) is 2.99. The highest BCUT2D eigenvalue weighted by Gasteiger charge is 2.32. The molecular weight excluding hydrogens is 256 g/mol. The van der Waals surface area contributed by atoms with Crippen LogP contribution in [0.2, 0.25) is 0 Å². The van der Waals surface area contributed by atoms with E-state index in [0.717, 1.165) is 5.56 Å². The molecule has 0 fully saturated rings. The van der Waals surface area contributed by atoms with Crippen molar-refractivity contribution in [3.8, 4) is 0 Å². The highest BCUT2D eigenvalue weighted by molar-refractivity contribution is 5.85. The zero-order valence-corrected chi connectivity index (χ0v) is 12.5. The molecule has 20 heavy (non-hydrogen) atoms. The number of carbonyl (C=O) groups excluding carboxylic acids is 2. The molecule has 0 saturated heterocycles. The first-order chi connectivity index (χ1) is 9.36. The number of nitrogens with zero attached hydrogens (tertiary/aromatic N) is 1. The summed E-state index contributed by atoms with van der Waals surface area (Å²) < 4.78 is 4.97. The van der Waals surface area contributed by atoms with Crippen molar-refractivity contribution in [1.82, 2.24) is 10.3 Å². The van der Waals surface area contributed by atoms with Crippen molar-refractivity contribution in [2.24, 2.45) is 5.41 Å². The molecule has 0 radical (unpaired) electrons. The fourth-order valence-corrected chi connectivity index (χ4v) is 1.81. The van der Waals surface area contributed by atoms with Gasteiger partial charge in [0.15, 0.2) is 0 Å². The Morgan fingerprint density at radius 3 is 2.70 bits per heavy atom. The normalized spacial score (nSPS) is 12.6. The number of amides is 1. The van der Waals surface area contributed by atoms with E-state index < -0.39 is 5.41 Å². The number of nitrogens with one attached hydrogen (secondary N) is 1. The van der Waals surface area contributed by atoms with Crippen LogP contribution in [-0.2, 0) is 14.3 Å². The van der Waals surface area contributed by atoms with Crippen LogP contribution in [0, 0.1) is 5.41 Å². The van der Waals surface area contributed by atoms with Gasteiger partial charge in [0, 0.05) is 18.8 Å². The molecule has 0 aliphatic carbocycles. The van der Waals surface area contributed by atoms with Gasteiger partial charge in [0.05, 0.1) is 18.1 Å². The van der Waals surface area contributed by atoms with Gasteiger partial charge in [0.1, 0.15) is 0 Å². The number of ether oxygens (including phenoxy) is 1. The second-order valence-corrected chi connectivity index (χ2v) is 5.36. The SMILES string of the molecule is CCOC(=O)C(C)(C)CC(=O)N[C@@H](C)c1cccnc1. The van der Waals surface area contributed by atoms with Crippen LogP contribution in [0.1, 0.15) is 45.7 Å². The van der Waals surface area contributed by atoms with Crippen LogP contribution >= 0.6 is 0 Å². The van der Waals surface area contributed by atoms with Crippen molar-refractivity contribution >= 4 is 11.9 Å². The van der Waals surface area contributed by atoms with Gasteiger partial charge in [0.2, 0.25) is 5.91 Å². The summed E-state index contributed by atoms with van der Waals surface area (Å²) in [6.45, 7) is 7.36. The average molecular weight is 278 g/mol. The lowest BCUT2D eigenvalue weighted by molar-refractivity contribution is -0.155. The lowest BCUT2D eigenvalue weighted by Crippen LogP contribution is -2.35. The number of pyridine rings is 1. The molecule has 0 aromatic carbocycles. The molecule has 0 saturated carbocycles. The Kier molecular flexibility index (Phi) is 5.67. The maximum Gasteiger partial charge on any atom is 0.312 e. The van der Waals surface area contributed by atoms with Crippen molar-refractivity contribution in [2.75, 3.05) is 6.61 Å². The van der Waals surface area contributed by atoms with Crippen LogP contribution in [0.25, 0.3) is 0 Å². The molecule has 1 aromatic rings. The monoisotopic (exact) mass is 278 g/mol. The molecule has 1 aromatic heterocycles. The van der Waals surface area contributed by atoms with E-state index in [9.17, 15) is 9.59 Å². The lowest BCUT2D eigenvalue weighted by Gasteiger charge is -2.23. The highest BCUT2D eigenvalue weighted by atomic mass is 16.5. The predicted molar refractivity (Wildman–Crippen MR) is 75.8 cm³/mol. The molecule has 1 heterocycles. The lowest BCUT2D eigenvalue weighted by atomic mass is 9.89. The number of carbonyl (C=O) groups is 2. The van der Waals surface area contributed by atoms with Crippen LogP contribution < -0.4 is 5.32 Å². The molecule has 1 rings (SSSR count). The number of rotatable bonds is 6. The molecule has 0 aliphatic heterocycles. The van der Waals surface area contributed by atoms with Crippen LogP contribution in [-0.4, -0.2) is 23.5 Å². The van der Waals surface area contributed by atoms with E-state index in [4.69, 9.17) is 4.74 Å². The van der Waals surface area contributed by atoms with Crippen LogP contribution in [0.5, 0.6) is 0 Å². The van der Waals surface area contributed by atoms with E-state index in [2.05, 4.69) is 10.3 Å². The van der Waals surface area contributed by atoms with Crippen LogP contribution in [0.4, 0.5) is 0 Å². The summed E-state index contributed by atoms with van der Waals surface area (Å²) in [5.41, 5.74) is 0.101. The molecule has 1 atom stereocenters. The summed E-state index contributed by atoms with van der Waals surface area (Å²) in [4.78, 5) is 27.8. The second kappa shape index (κ2) is 7.03.